The molecule has 2 fully saturated rings. The first-order valence-corrected chi connectivity index (χ1v) is 14.5. The Kier molecular flexibility index (Phi) is 7.66. The van der Waals surface area contributed by atoms with Crippen LogP contribution >= 0.6 is 11.6 Å². The second kappa shape index (κ2) is 11.3. The van der Waals surface area contributed by atoms with E-state index in [1.165, 1.54) is 12.1 Å². The lowest BCUT2D eigenvalue weighted by Gasteiger charge is -2.27. The second-order valence-corrected chi connectivity index (χ2v) is 11.8. The zero-order valence-electron chi connectivity index (χ0n) is 23.7. The number of hydrogen-bond acceptors (Lipinski definition) is 6. The van der Waals surface area contributed by atoms with Crippen molar-refractivity contribution < 1.29 is 32.3 Å². The van der Waals surface area contributed by atoms with Crippen molar-refractivity contribution in [2.24, 2.45) is 5.16 Å². The number of fused-ring (bicyclic) bond motifs is 2. The van der Waals surface area contributed by atoms with E-state index in [-0.39, 0.29) is 23.2 Å². The number of halogens is 4. The third kappa shape index (κ3) is 6.25. The summed E-state index contributed by atoms with van der Waals surface area (Å²) in [4.78, 5) is 21.6. The summed E-state index contributed by atoms with van der Waals surface area (Å²) < 4.78 is 48.9. The third-order valence-corrected chi connectivity index (χ3v) is 8.61. The van der Waals surface area contributed by atoms with Crippen molar-refractivity contribution in [3.8, 4) is 11.5 Å². The Morgan fingerprint density at radius 1 is 1.07 bits per heavy atom. The van der Waals surface area contributed by atoms with E-state index in [0.717, 1.165) is 43.2 Å². The summed E-state index contributed by atoms with van der Waals surface area (Å²) in [5, 5.41) is 8.18. The topological polar surface area (TPSA) is 72.4 Å². The molecule has 0 radical (unpaired) electrons. The van der Waals surface area contributed by atoms with E-state index >= 15 is 0 Å². The molecule has 43 heavy (non-hydrogen) atoms. The zero-order valence-corrected chi connectivity index (χ0v) is 24.5. The van der Waals surface area contributed by atoms with Gasteiger partial charge in [-0.1, -0.05) is 35.0 Å². The summed E-state index contributed by atoms with van der Waals surface area (Å²) in [6.07, 6.45) is 0.0816. The Morgan fingerprint density at radius 3 is 2.44 bits per heavy atom. The molecule has 226 valence electrons. The third-order valence-electron chi connectivity index (χ3n) is 8.36. The van der Waals surface area contributed by atoms with E-state index < -0.39 is 12.4 Å². The average Bonchev–Trinajstić information content (AvgIpc) is 3.66. The Balaban J connectivity index is 1.34. The molecule has 0 saturated heterocycles. The van der Waals surface area contributed by atoms with Gasteiger partial charge < -0.3 is 24.5 Å². The van der Waals surface area contributed by atoms with Crippen LogP contribution in [0.3, 0.4) is 0 Å². The van der Waals surface area contributed by atoms with Crippen molar-refractivity contribution in [3.63, 3.8) is 0 Å². The monoisotopic (exact) mass is 613 g/mol. The van der Waals surface area contributed by atoms with Gasteiger partial charge in [0, 0.05) is 40.4 Å². The predicted molar refractivity (Wildman–Crippen MR) is 158 cm³/mol. The predicted octanol–water partition coefficient (Wildman–Crippen LogP) is 7.77. The molecule has 1 spiro atoms. The highest BCUT2D eigenvalue weighted by atomic mass is 35.5. The molecule has 6 rings (SSSR count). The SMILES string of the molecule is COc1cc(NC(C(=O)N2CC3(CC3)c3ccc(OC(F)(F)F)cc32)c2ccc(Cl)cc2)cc(C(C)=NOC2CCC2)c1. The molecule has 1 amide bonds. The van der Waals surface area contributed by atoms with Crippen LogP contribution in [0, 0.1) is 0 Å². The Morgan fingerprint density at radius 2 is 1.81 bits per heavy atom. The van der Waals surface area contributed by atoms with Crippen LogP contribution in [-0.4, -0.2) is 37.7 Å². The first kappa shape index (κ1) is 29.2. The number of ether oxygens (including phenoxy) is 2. The molecule has 7 nitrogen and oxygen atoms in total. The fourth-order valence-corrected chi connectivity index (χ4v) is 5.71. The first-order valence-electron chi connectivity index (χ1n) is 14.2. The normalized spacial score (nSPS) is 18.1. The van der Waals surface area contributed by atoms with Gasteiger partial charge in [0.15, 0.2) is 0 Å². The van der Waals surface area contributed by atoms with E-state index in [4.69, 9.17) is 21.2 Å². The molecule has 2 aliphatic carbocycles. The van der Waals surface area contributed by atoms with Crippen molar-refractivity contribution in [1.82, 2.24) is 0 Å². The summed E-state index contributed by atoms with van der Waals surface area (Å²) in [7, 11) is 1.55. The number of amides is 1. The number of oxime groups is 1. The summed E-state index contributed by atoms with van der Waals surface area (Å²) in [6.45, 7) is 2.21. The number of carbonyl (C=O) groups excluding carboxylic acids is 1. The molecular weight excluding hydrogens is 583 g/mol. The van der Waals surface area contributed by atoms with Gasteiger partial charge in [-0.2, -0.15) is 0 Å². The van der Waals surface area contributed by atoms with Gasteiger partial charge in [-0.15, -0.1) is 13.2 Å². The molecule has 0 bridgehead atoms. The van der Waals surface area contributed by atoms with Crippen LogP contribution in [0.25, 0.3) is 0 Å². The van der Waals surface area contributed by atoms with Crippen molar-refractivity contribution >= 4 is 34.6 Å². The van der Waals surface area contributed by atoms with Crippen molar-refractivity contribution in [2.45, 2.75) is 63.0 Å². The quantitative estimate of drug-likeness (QED) is 0.197. The molecule has 1 unspecified atom stereocenters. The van der Waals surface area contributed by atoms with Crippen molar-refractivity contribution in [1.29, 1.82) is 0 Å². The van der Waals surface area contributed by atoms with Gasteiger partial charge in [0.2, 0.25) is 0 Å². The molecular formula is C32H31ClF3N3O4. The van der Waals surface area contributed by atoms with E-state index in [2.05, 4.69) is 15.2 Å². The van der Waals surface area contributed by atoms with Crippen LogP contribution in [0.5, 0.6) is 11.5 Å². The number of alkyl halides is 3. The second-order valence-electron chi connectivity index (χ2n) is 11.3. The van der Waals surface area contributed by atoms with Gasteiger partial charge >= 0.3 is 6.36 Å². The number of anilines is 2. The van der Waals surface area contributed by atoms with Crippen LogP contribution in [0.1, 0.15) is 61.8 Å². The van der Waals surface area contributed by atoms with Crippen LogP contribution in [0.2, 0.25) is 5.02 Å². The van der Waals surface area contributed by atoms with Gasteiger partial charge in [-0.25, -0.2) is 0 Å². The van der Waals surface area contributed by atoms with Crippen LogP contribution in [0.4, 0.5) is 24.5 Å². The maximum atomic E-state index is 14.4. The molecule has 11 heteroatoms. The molecule has 1 aliphatic heterocycles. The Labute approximate surface area is 252 Å². The number of carbonyl (C=O) groups is 1. The highest BCUT2D eigenvalue weighted by Crippen LogP contribution is 2.57. The van der Waals surface area contributed by atoms with E-state index in [9.17, 15) is 18.0 Å². The Hall–Kier alpha value is -3.92. The maximum Gasteiger partial charge on any atom is 0.573 e. The minimum atomic E-state index is -4.85. The largest absolute Gasteiger partial charge is 0.573 e. The van der Waals surface area contributed by atoms with Gasteiger partial charge in [-0.05, 0) is 80.5 Å². The van der Waals surface area contributed by atoms with Crippen molar-refractivity contribution in [3.05, 3.63) is 82.4 Å². The number of methoxy groups -OCH3 is 1. The summed E-state index contributed by atoms with van der Waals surface area (Å²) in [5.41, 5.74) is 3.66. The van der Waals surface area contributed by atoms with Crippen molar-refractivity contribution in [2.75, 3.05) is 23.9 Å². The molecule has 0 aromatic heterocycles. The number of benzene rings is 3. The summed E-state index contributed by atoms with van der Waals surface area (Å²) in [5.74, 6) is -0.133. The number of nitrogens with zero attached hydrogens (tertiary/aromatic N) is 2. The van der Waals surface area contributed by atoms with Crippen LogP contribution < -0.4 is 19.7 Å². The van der Waals surface area contributed by atoms with Gasteiger partial charge in [0.1, 0.15) is 23.6 Å². The number of nitrogens with one attached hydrogen (secondary N) is 1. The maximum absolute atomic E-state index is 14.4. The van der Waals surface area contributed by atoms with E-state index in [1.54, 1.807) is 48.4 Å². The highest BCUT2D eigenvalue weighted by Gasteiger charge is 2.54. The highest BCUT2D eigenvalue weighted by molar-refractivity contribution is 6.30. The van der Waals surface area contributed by atoms with Gasteiger partial charge in [0.05, 0.1) is 18.5 Å². The van der Waals surface area contributed by atoms with E-state index in [0.29, 0.717) is 40.0 Å². The first-order chi connectivity index (χ1) is 20.5. The molecule has 1 atom stereocenters. The fraction of sp³-hybridized carbons (Fsp3) is 0.375. The van der Waals surface area contributed by atoms with Crippen LogP contribution in [-0.2, 0) is 15.0 Å². The molecule has 3 aromatic rings. The van der Waals surface area contributed by atoms with Gasteiger partial charge in [-0.3, -0.25) is 4.79 Å². The summed E-state index contributed by atoms with van der Waals surface area (Å²) >= 11 is 6.16. The number of rotatable bonds is 9. The average molecular weight is 614 g/mol. The van der Waals surface area contributed by atoms with Gasteiger partial charge in [0.25, 0.3) is 5.91 Å². The minimum Gasteiger partial charge on any atom is -0.497 e. The lowest BCUT2D eigenvalue weighted by atomic mass is 9.97. The smallest absolute Gasteiger partial charge is 0.497 e. The minimum absolute atomic E-state index is 0.130. The molecule has 1 N–H and O–H groups in total. The zero-order chi connectivity index (χ0) is 30.4. The fourth-order valence-electron chi connectivity index (χ4n) is 5.59. The molecule has 2 saturated carbocycles. The lowest BCUT2D eigenvalue weighted by molar-refractivity contribution is -0.274. The molecule has 3 aromatic carbocycles. The lowest BCUT2D eigenvalue weighted by Crippen LogP contribution is -2.38. The molecule has 3 aliphatic rings. The number of hydrogen-bond donors (Lipinski definition) is 1. The standard InChI is InChI=1S/C32H31ClF3N3O4/c1-19(38-43-24-4-3-5-24)21-14-23(16-26(15-21)41-2)37-29(20-6-8-22(33)9-7-20)30(40)39-18-31(12-13-31)27-11-10-25(17-28(27)39)42-32(34,35)36/h6-11,14-17,24,29,37H,3-5,12-13,18H2,1-2H3. The summed E-state index contributed by atoms with van der Waals surface area (Å²) in [6, 6.07) is 15.7. The Bertz CT molecular complexity index is 1550. The van der Waals surface area contributed by atoms with Crippen LogP contribution in [0.15, 0.2) is 65.8 Å². The molecule has 1 heterocycles. The van der Waals surface area contributed by atoms with E-state index in [1.807, 2.05) is 19.1 Å².